The summed E-state index contributed by atoms with van der Waals surface area (Å²) in [5.41, 5.74) is 3.14. The quantitative estimate of drug-likeness (QED) is 0.468. The molecule has 0 aliphatic carbocycles. The van der Waals surface area contributed by atoms with Crippen molar-refractivity contribution in [1.29, 1.82) is 0 Å². The zero-order valence-corrected chi connectivity index (χ0v) is 16.7. The third kappa shape index (κ3) is 3.63. The van der Waals surface area contributed by atoms with Crippen LogP contribution in [0.4, 0.5) is 36.4 Å². The van der Waals surface area contributed by atoms with E-state index in [2.05, 4.69) is 20.4 Å². The van der Waals surface area contributed by atoms with Crippen LogP contribution in [-0.4, -0.2) is 26.3 Å². The monoisotopic (exact) mass is 424 g/mol. The Hall–Kier alpha value is -3.75. The lowest BCUT2D eigenvalue weighted by Crippen LogP contribution is -2.28. The molecule has 1 aliphatic heterocycles. The smallest absolute Gasteiger partial charge is 0.248 e. The largest absolute Gasteiger partial charge is 0.359 e. The van der Waals surface area contributed by atoms with E-state index in [1.165, 1.54) is 12.1 Å². The number of hydrogen-bond donors (Lipinski definition) is 2. The minimum atomic E-state index is -0.916. The zero-order chi connectivity index (χ0) is 21.5. The van der Waals surface area contributed by atoms with E-state index in [0.717, 1.165) is 24.2 Å². The Labute approximate surface area is 176 Å². The van der Waals surface area contributed by atoms with Gasteiger partial charge in [0.2, 0.25) is 11.9 Å². The second-order valence-corrected chi connectivity index (χ2v) is 7.44. The highest BCUT2D eigenvalue weighted by Crippen LogP contribution is 2.31. The summed E-state index contributed by atoms with van der Waals surface area (Å²) in [5, 5.41) is 7.46. The van der Waals surface area contributed by atoms with Gasteiger partial charge in [-0.25, -0.2) is 17.9 Å². The fraction of sp³-hybridized carbons (Fsp3) is 0.182. The number of benzene rings is 2. The van der Waals surface area contributed by atoms with Crippen LogP contribution in [0.15, 0.2) is 48.5 Å². The molecule has 2 aromatic heterocycles. The third-order valence-corrected chi connectivity index (χ3v) is 5.21. The number of aromatic amines is 1. The molecule has 0 saturated heterocycles. The lowest BCUT2D eigenvalue weighted by molar-refractivity contribution is 0.506. The number of nitrogens with one attached hydrogen (secondary N) is 2. The summed E-state index contributed by atoms with van der Waals surface area (Å²) in [4.78, 5) is 9.39. The molecular weight excluding hydrogens is 405 g/mol. The number of hydrogen-bond acceptors (Lipinski definition) is 4. The Balaban J connectivity index is 1.41. The standard InChI is InChI=1S/C22H19F3N6/c1-13-3-8-20(26-13)16-6-4-14(11-18(16)24)27-21-28-22-30(9-2-10-31(22)29-21)15-5-7-17(23)19(25)12-15/h3-8,11-12,26H,2,9-10H2,1H3,(H,27,29). The van der Waals surface area contributed by atoms with Crippen LogP contribution >= 0.6 is 0 Å². The van der Waals surface area contributed by atoms with Gasteiger partial charge in [0.15, 0.2) is 11.6 Å². The number of rotatable bonds is 4. The first-order chi connectivity index (χ1) is 15.0. The third-order valence-electron chi connectivity index (χ3n) is 5.21. The van der Waals surface area contributed by atoms with Gasteiger partial charge in [-0.15, -0.1) is 5.10 Å². The minimum Gasteiger partial charge on any atom is -0.359 e. The van der Waals surface area contributed by atoms with Crippen molar-refractivity contribution < 1.29 is 13.2 Å². The summed E-state index contributed by atoms with van der Waals surface area (Å²) in [6.45, 7) is 3.15. The number of nitrogens with zero attached hydrogens (tertiary/aromatic N) is 4. The molecule has 0 atom stereocenters. The molecule has 0 radical (unpaired) electrons. The average Bonchev–Trinajstić information content (AvgIpc) is 3.35. The molecule has 0 unspecified atom stereocenters. The molecule has 158 valence electrons. The topological polar surface area (TPSA) is 61.8 Å². The summed E-state index contributed by atoms with van der Waals surface area (Å²) in [6.07, 6.45) is 0.772. The SMILES string of the molecule is Cc1ccc(-c2ccc(Nc3nc4n(n3)CCCN4c3ccc(F)c(F)c3)cc2F)[nH]1. The van der Waals surface area contributed by atoms with Crippen LogP contribution in [0.1, 0.15) is 12.1 Å². The van der Waals surface area contributed by atoms with Crippen LogP contribution in [0.5, 0.6) is 0 Å². The summed E-state index contributed by atoms with van der Waals surface area (Å²) in [7, 11) is 0. The van der Waals surface area contributed by atoms with E-state index in [1.54, 1.807) is 21.7 Å². The molecule has 0 spiro atoms. The van der Waals surface area contributed by atoms with Gasteiger partial charge in [-0.3, -0.25) is 0 Å². The lowest BCUT2D eigenvalue weighted by Gasteiger charge is -2.27. The van der Waals surface area contributed by atoms with Gasteiger partial charge in [0.1, 0.15) is 5.82 Å². The van der Waals surface area contributed by atoms with E-state index in [0.29, 0.717) is 47.6 Å². The zero-order valence-electron chi connectivity index (χ0n) is 16.7. The molecule has 1 aliphatic rings. The van der Waals surface area contributed by atoms with E-state index in [-0.39, 0.29) is 5.82 Å². The number of anilines is 4. The molecule has 0 fully saturated rings. The summed E-state index contributed by atoms with van der Waals surface area (Å²) in [5.74, 6) is -1.38. The summed E-state index contributed by atoms with van der Waals surface area (Å²) >= 11 is 0. The Morgan fingerprint density at radius 2 is 1.81 bits per heavy atom. The maximum atomic E-state index is 14.6. The van der Waals surface area contributed by atoms with E-state index < -0.39 is 11.6 Å². The lowest BCUT2D eigenvalue weighted by atomic mass is 10.1. The van der Waals surface area contributed by atoms with Crippen molar-refractivity contribution in [3.05, 3.63) is 71.7 Å². The molecular formula is C22H19F3N6. The first kappa shape index (κ1) is 19.2. The average molecular weight is 424 g/mol. The Kier molecular flexibility index (Phi) is 4.65. The van der Waals surface area contributed by atoms with E-state index in [9.17, 15) is 13.2 Å². The van der Waals surface area contributed by atoms with Crippen molar-refractivity contribution in [2.45, 2.75) is 19.9 Å². The van der Waals surface area contributed by atoms with E-state index >= 15 is 0 Å². The van der Waals surface area contributed by atoms with Crippen LogP contribution in [0.3, 0.4) is 0 Å². The van der Waals surface area contributed by atoms with Crippen LogP contribution in [0.2, 0.25) is 0 Å². The van der Waals surface area contributed by atoms with Gasteiger partial charge in [-0.2, -0.15) is 4.98 Å². The Bertz CT molecular complexity index is 1260. The van der Waals surface area contributed by atoms with Crippen molar-refractivity contribution in [2.75, 3.05) is 16.8 Å². The van der Waals surface area contributed by atoms with Gasteiger partial charge in [0.25, 0.3) is 0 Å². The van der Waals surface area contributed by atoms with Crippen LogP contribution in [-0.2, 0) is 6.54 Å². The number of aromatic nitrogens is 4. The van der Waals surface area contributed by atoms with Crippen molar-refractivity contribution in [3.8, 4) is 11.3 Å². The summed E-state index contributed by atoms with van der Waals surface area (Å²) < 4.78 is 43.4. The highest BCUT2D eigenvalue weighted by Gasteiger charge is 2.23. The molecule has 31 heavy (non-hydrogen) atoms. The highest BCUT2D eigenvalue weighted by atomic mass is 19.2. The fourth-order valence-corrected chi connectivity index (χ4v) is 3.71. The Morgan fingerprint density at radius 1 is 0.935 bits per heavy atom. The van der Waals surface area contributed by atoms with E-state index in [1.807, 2.05) is 19.1 Å². The fourth-order valence-electron chi connectivity index (χ4n) is 3.71. The molecule has 5 rings (SSSR count). The van der Waals surface area contributed by atoms with Gasteiger partial charge in [-0.05, 0) is 55.8 Å². The van der Waals surface area contributed by atoms with Crippen LogP contribution < -0.4 is 10.2 Å². The molecule has 3 heterocycles. The predicted octanol–water partition coefficient (Wildman–Crippen LogP) is 5.28. The van der Waals surface area contributed by atoms with Crippen molar-refractivity contribution in [3.63, 3.8) is 0 Å². The molecule has 9 heteroatoms. The normalized spacial score (nSPS) is 13.4. The molecule has 0 bridgehead atoms. The molecule has 2 aromatic carbocycles. The molecule has 0 saturated carbocycles. The van der Waals surface area contributed by atoms with Gasteiger partial charge in [0.05, 0.1) is 0 Å². The number of halogens is 3. The second kappa shape index (κ2) is 7.50. The van der Waals surface area contributed by atoms with Crippen LogP contribution in [0.25, 0.3) is 11.3 Å². The van der Waals surface area contributed by atoms with Crippen molar-refractivity contribution >= 4 is 23.3 Å². The predicted molar refractivity (Wildman–Crippen MR) is 112 cm³/mol. The molecule has 0 amide bonds. The maximum absolute atomic E-state index is 14.6. The van der Waals surface area contributed by atoms with Gasteiger partial charge >= 0.3 is 0 Å². The van der Waals surface area contributed by atoms with Crippen molar-refractivity contribution in [1.82, 2.24) is 19.7 Å². The van der Waals surface area contributed by atoms with Gasteiger partial charge < -0.3 is 15.2 Å². The molecule has 6 nitrogen and oxygen atoms in total. The highest BCUT2D eigenvalue weighted by molar-refractivity contribution is 5.66. The maximum Gasteiger partial charge on any atom is 0.248 e. The Morgan fingerprint density at radius 3 is 2.55 bits per heavy atom. The first-order valence-electron chi connectivity index (χ1n) is 9.88. The van der Waals surface area contributed by atoms with Gasteiger partial charge in [0, 0.05) is 47.5 Å². The minimum absolute atomic E-state index is 0.298. The number of aryl methyl sites for hydroxylation is 2. The number of H-pyrrole nitrogens is 1. The van der Waals surface area contributed by atoms with Crippen molar-refractivity contribution in [2.24, 2.45) is 0 Å². The second-order valence-electron chi connectivity index (χ2n) is 7.44. The molecule has 4 aromatic rings. The van der Waals surface area contributed by atoms with Gasteiger partial charge in [-0.1, -0.05) is 0 Å². The van der Waals surface area contributed by atoms with E-state index in [4.69, 9.17) is 0 Å². The van der Waals surface area contributed by atoms with Crippen LogP contribution in [0, 0.1) is 24.4 Å². The molecule has 2 N–H and O–H groups in total. The summed E-state index contributed by atoms with van der Waals surface area (Å²) in [6, 6.07) is 12.3. The first-order valence-corrected chi connectivity index (χ1v) is 9.88. The number of fused-ring (bicyclic) bond motifs is 1.